The first-order valence-electron chi connectivity index (χ1n) is 7.64. The van der Waals surface area contributed by atoms with Crippen molar-refractivity contribution < 1.29 is 14.3 Å². The number of hydrogen-bond acceptors (Lipinski definition) is 5. The number of nitrogens with zero attached hydrogens (tertiary/aromatic N) is 2. The van der Waals surface area contributed by atoms with Crippen LogP contribution in [0.1, 0.15) is 16.1 Å². The lowest BCUT2D eigenvalue weighted by Gasteiger charge is -2.28. The summed E-state index contributed by atoms with van der Waals surface area (Å²) in [6, 6.07) is 3.58. The van der Waals surface area contributed by atoms with Crippen LogP contribution in [0.3, 0.4) is 0 Å². The van der Waals surface area contributed by atoms with Crippen molar-refractivity contribution in [3.63, 3.8) is 0 Å². The number of hydrogen-bond donors (Lipinski definition) is 1. The van der Waals surface area contributed by atoms with Crippen molar-refractivity contribution in [2.45, 2.75) is 12.5 Å². The molecule has 1 aromatic rings. The molecule has 6 nitrogen and oxygen atoms in total. The molecule has 1 N–H and O–H groups in total. The predicted molar refractivity (Wildman–Crippen MR) is 84.0 cm³/mol. The van der Waals surface area contributed by atoms with Crippen LogP contribution in [0.15, 0.2) is 17.5 Å². The summed E-state index contributed by atoms with van der Waals surface area (Å²) < 4.78 is 5.32. The highest BCUT2D eigenvalue weighted by Crippen LogP contribution is 2.14. The Kier molecular flexibility index (Phi) is 5.07. The van der Waals surface area contributed by atoms with Crippen molar-refractivity contribution in [1.82, 2.24) is 15.1 Å². The Balaban J connectivity index is 1.45. The van der Waals surface area contributed by atoms with E-state index >= 15 is 0 Å². The maximum atomic E-state index is 12.1. The zero-order valence-corrected chi connectivity index (χ0v) is 13.3. The SMILES string of the molecule is O=C(N[C@@H]1CC(=O)N(CCN2CCOCC2)C1)c1cccs1. The fourth-order valence-electron chi connectivity index (χ4n) is 2.84. The molecule has 0 aromatic carbocycles. The first-order valence-corrected chi connectivity index (χ1v) is 8.52. The van der Waals surface area contributed by atoms with E-state index in [1.807, 2.05) is 16.3 Å². The summed E-state index contributed by atoms with van der Waals surface area (Å²) in [6.45, 7) is 5.62. The highest BCUT2D eigenvalue weighted by molar-refractivity contribution is 7.12. The van der Waals surface area contributed by atoms with Gasteiger partial charge < -0.3 is 15.0 Å². The normalized spacial score (nSPS) is 23.0. The molecule has 1 atom stereocenters. The Bertz CT molecular complexity index is 514. The number of amides is 2. The molecule has 120 valence electrons. The van der Waals surface area contributed by atoms with E-state index in [-0.39, 0.29) is 17.9 Å². The quantitative estimate of drug-likeness (QED) is 0.853. The maximum absolute atomic E-state index is 12.1. The van der Waals surface area contributed by atoms with E-state index in [1.165, 1.54) is 11.3 Å². The molecule has 3 rings (SSSR count). The van der Waals surface area contributed by atoms with Gasteiger partial charge in [0.1, 0.15) is 0 Å². The average molecular weight is 323 g/mol. The molecule has 7 heteroatoms. The zero-order chi connectivity index (χ0) is 15.4. The zero-order valence-electron chi connectivity index (χ0n) is 12.5. The average Bonchev–Trinajstić information content (AvgIpc) is 3.16. The molecule has 0 radical (unpaired) electrons. The molecule has 2 aliphatic rings. The predicted octanol–water partition coefficient (Wildman–Crippen LogP) is 0.411. The summed E-state index contributed by atoms with van der Waals surface area (Å²) in [6.07, 6.45) is 0.403. The number of morpholine rings is 1. The number of ether oxygens (including phenoxy) is 1. The minimum atomic E-state index is -0.0807. The third kappa shape index (κ3) is 3.85. The topological polar surface area (TPSA) is 61.9 Å². The Morgan fingerprint density at radius 2 is 2.18 bits per heavy atom. The Morgan fingerprint density at radius 1 is 1.36 bits per heavy atom. The molecule has 1 aromatic heterocycles. The monoisotopic (exact) mass is 323 g/mol. The Morgan fingerprint density at radius 3 is 2.91 bits per heavy atom. The largest absolute Gasteiger partial charge is 0.379 e. The summed E-state index contributed by atoms with van der Waals surface area (Å²) in [7, 11) is 0. The summed E-state index contributed by atoms with van der Waals surface area (Å²) in [5, 5.41) is 4.83. The van der Waals surface area contributed by atoms with Gasteiger partial charge in [-0.15, -0.1) is 11.3 Å². The second-order valence-electron chi connectivity index (χ2n) is 5.65. The Hall–Kier alpha value is -1.44. The van der Waals surface area contributed by atoms with Crippen molar-refractivity contribution in [1.29, 1.82) is 0 Å². The van der Waals surface area contributed by atoms with Gasteiger partial charge in [-0.1, -0.05) is 6.07 Å². The summed E-state index contributed by atoms with van der Waals surface area (Å²) >= 11 is 1.42. The fraction of sp³-hybridized carbons (Fsp3) is 0.600. The third-order valence-corrected chi connectivity index (χ3v) is 4.95. The molecule has 3 heterocycles. The smallest absolute Gasteiger partial charge is 0.261 e. The lowest BCUT2D eigenvalue weighted by molar-refractivity contribution is -0.128. The van der Waals surface area contributed by atoms with Crippen LogP contribution >= 0.6 is 11.3 Å². The minimum Gasteiger partial charge on any atom is -0.379 e. The van der Waals surface area contributed by atoms with Gasteiger partial charge in [0.25, 0.3) is 5.91 Å². The first-order chi connectivity index (χ1) is 10.7. The minimum absolute atomic E-state index is 0.0770. The van der Waals surface area contributed by atoms with Crippen LogP contribution in [0.5, 0.6) is 0 Å². The van der Waals surface area contributed by atoms with Crippen LogP contribution in [0.4, 0.5) is 0 Å². The van der Waals surface area contributed by atoms with Crippen molar-refractivity contribution in [2.24, 2.45) is 0 Å². The van der Waals surface area contributed by atoms with Crippen LogP contribution in [-0.2, 0) is 9.53 Å². The van der Waals surface area contributed by atoms with E-state index in [4.69, 9.17) is 4.74 Å². The molecule has 0 bridgehead atoms. The number of carbonyl (C=O) groups excluding carboxylic acids is 2. The maximum Gasteiger partial charge on any atom is 0.261 e. The molecule has 22 heavy (non-hydrogen) atoms. The van der Waals surface area contributed by atoms with Crippen LogP contribution < -0.4 is 5.32 Å². The van der Waals surface area contributed by atoms with Gasteiger partial charge >= 0.3 is 0 Å². The van der Waals surface area contributed by atoms with Gasteiger partial charge in [-0.25, -0.2) is 0 Å². The van der Waals surface area contributed by atoms with Gasteiger partial charge in [0.2, 0.25) is 5.91 Å². The van der Waals surface area contributed by atoms with Crippen molar-refractivity contribution in [3.8, 4) is 0 Å². The molecule has 0 saturated carbocycles. The van der Waals surface area contributed by atoms with E-state index in [9.17, 15) is 9.59 Å². The van der Waals surface area contributed by atoms with Gasteiger partial charge in [-0.2, -0.15) is 0 Å². The number of carbonyl (C=O) groups is 2. The van der Waals surface area contributed by atoms with Crippen LogP contribution in [0, 0.1) is 0 Å². The second kappa shape index (κ2) is 7.21. The highest BCUT2D eigenvalue weighted by atomic mass is 32.1. The molecule has 0 spiro atoms. The van der Waals surface area contributed by atoms with Crippen LogP contribution in [0.2, 0.25) is 0 Å². The summed E-state index contributed by atoms with van der Waals surface area (Å²) in [5.74, 6) is 0.0487. The van der Waals surface area contributed by atoms with Gasteiger partial charge in [0.15, 0.2) is 0 Å². The van der Waals surface area contributed by atoms with Gasteiger partial charge in [0, 0.05) is 39.1 Å². The Labute approximate surface area is 134 Å². The van der Waals surface area contributed by atoms with Gasteiger partial charge in [-0.05, 0) is 11.4 Å². The lowest BCUT2D eigenvalue weighted by atomic mass is 10.2. The van der Waals surface area contributed by atoms with E-state index < -0.39 is 0 Å². The molecule has 2 saturated heterocycles. The molecule has 0 unspecified atom stereocenters. The van der Waals surface area contributed by atoms with Crippen molar-refractivity contribution in [3.05, 3.63) is 22.4 Å². The van der Waals surface area contributed by atoms with Crippen molar-refractivity contribution in [2.75, 3.05) is 45.9 Å². The first kappa shape index (κ1) is 15.5. The summed E-state index contributed by atoms with van der Waals surface area (Å²) in [4.78, 5) is 29.0. The van der Waals surface area contributed by atoms with Crippen LogP contribution in [-0.4, -0.2) is 73.6 Å². The molecule has 2 fully saturated rings. The molecular formula is C15H21N3O3S. The standard InChI is InChI=1S/C15H21N3O3S/c19-14-10-12(16-15(20)13-2-1-9-22-13)11-18(14)4-3-17-5-7-21-8-6-17/h1-2,9,12H,3-8,10-11H2,(H,16,20)/t12-/m1/s1. The highest BCUT2D eigenvalue weighted by Gasteiger charge is 2.31. The molecule has 2 amide bonds. The third-order valence-electron chi connectivity index (χ3n) is 4.08. The van der Waals surface area contributed by atoms with E-state index in [2.05, 4.69) is 10.2 Å². The molecule has 0 aliphatic carbocycles. The number of likely N-dealkylation sites (tertiary alicyclic amines) is 1. The van der Waals surface area contributed by atoms with Gasteiger partial charge in [-0.3, -0.25) is 14.5 Å². The van der Waals surface area contributed by atoms with E-state index in [1.54, 1.807) is 6.07 Å². The fourth-order valence-corrected chi connectivity index (χ4v) is 3.46. The van der Waals surface area contributed by atoms with Gasteiger partial charge in [0.05, 0.1) is 24.1 Å². The number of nitrogens with one attached hydrogen (secondary N) is 1. The molecule has 2 aliphatic heterocycles. The van der Waals surface area contributed by atoms with E-state index in [0.29, 0.717) is 17.8 Å². The summed E-state index contributed by atoms with van der Waals surface area (Å²) in [5.41, 5.74) is 0. The number of rotatable bonds is 5. The van der Waals surface area contributed by atoms with E-state index in [0.717, 1.165) is 39.4 Å². The second-order valence-corrected chi connectivity index (χ2v) is 6.59. The molecular weight excluding hydrogens is 302 g/mol. The van der Waals surface area contributed by atoms with Crippen molar-refractivity contribution >= 4 is 23.2 Å². The number of thiophene rings is 1. The van der Waals surface area contributed by atoms with Crippen LogP contribution in [0.25, 0.3) is 0 Å². The lowest BCUT2D eigenvalue weighted by Crippen LogP contribution is -2.42.